The second kappa shape index (κ2) is 5.96. The molecule has 1 N–H and O–H groups in total. The van der Waals surface area contributed by atoms with Crippen LogP contribution in [0.3, 0.4) is 0 Å². The third kappa shape index (κ3) is 5.08. The second-order valence-corrected chi connectivity index (χ2v) is 7.91. The first-order valence-electron chi connectivity index (χ1n) is 5.29. The fraction of sp³-hybridized carbons (Fsp3) is 1.00. The molecule has 1 fully saturated rings. The average Bonchev–Trinajstić information content (AvgIpc) is 2.08. The standard InChI is InChI=1S/C9H19NO3S2/c1-2-4-15(12,13)5-3-14(11)8-9-6-10-7-9/h9-10H,2-8H2,1H3. The molecule has 0 aromatic rings. The molecule has 15 heavy (non-hydrogen) atoms. The van der Waals surface area contributed by atoms with Crippen molar-refractivity contribution in [3.05, 3.63) is 0 Å². The molecule has 90 valence electrons. The van der Waals surface area contributed by atoms with Crippen molar-refractivity contribution in [2.75, 3.05) is 36.1 Å². The van der Waals surface area contributed by atoms with Crippen molar-refractivity contribution in [2.24, 2.45) is 5.92 Å². The van der Waals surface area contributed by atoms with Crippen LogP contribution in [-0.4, -0.2) is 48.7 Å². The Kier molecular flexibility index (Phi) is 5.22. The van der Waals surface area contributed by atoms with Gasteiger partial charge in [0.25, 0.3) is 0 Å². The van der Waals surface area contributed by atoms with Gasteiger partial charge < -0.3 is 5.32 Å². The molecule has 0 bridgehead atoms. The molecule has 6 heteroatoms. The summed E-state index contributed by atoms with van der Waals surface area (Å²) in [7, 11) is -3.93. The van der Waals surface area contributed by atoms with Gasteiger partial charge in [-0.1, -0.05) is 6.92 Å². The van der Waals surface area contributed by atoms with Crippen LogP contribution in [0.2, 0.25) is 0 Å². The van der Waals surface area contributed by atoms with Crippen molar-refractivity contribution in [3.63, 3.8) is 0 Å². The van der Waals surface area contributed by atoms with Gasteiger partial charge >= 0.3 is 0 Å². The van der Waals surface area contributed by atoms with Crippen molar-refractivity contribution in [1.29, 1.82) is 0 Å². The minimum absolute atomic E-state index is 0.0770. The van der Waals surface area contributed by atoms with E-state index in [4.69, 9.17) is 0 Å². The number of nitrogens with one attached hydrogen (secondary N) is 1. The van der Waals surface area contributed by atoms with Gasteiger partial charge in [0, 0.05) is 41.1 Å². The lowest BCUT2D eigenvalue weighted by Gasteiger charge is -2.26. The molecule has 0 radical (unpaired) electrons. The molecule has 1 atom stereocenters. The van der Waals surface area contributed by atoms with Gasteiger partial charge in [-0.25, -0.2) is 8.42 Å². The molecule has 1 saturated heterocycles. The van der Waals surface area contributed by atoms with Crippen molar-refractivity contribution in [1.82, 2.24) is 5.32 Å². The zero-order chi connectivity index (χ0) is 11.3. The molecule has 1 aliphatic rings. The van der Waals surface area contributed by atoms with E-state index < -0.39 is 20.6 Å². The van der Waals surface area contributed by atoms with Crippen LogP contribution >= 0.6 is 0 Å². The highest BCUT2D eigenvalue weighted by Crippen LogP contribution is 2.05. The minimum Gasteiger partial charge on any atom is -0.316 e. The highest BCUT2D eigenvalue weighted by molar-refractivity contribution is 7.93. The molecule has 0 saturated carbocycles. The van der Waals surface area contributed by atoms with Crippen molar-refractivity contribution in [3.8, 4) is 0 Å². The highest BCUT2D eigenvalue weighted by Gasteiger charge is 2.20. The second-order valence-electron chi connectivity index (χ2n) is 3.99. The number of rotatable bonds is 7. The molecule has 0 aliphatic carbocycles. The minimum atomic E-state index is -2.96. The molecular formula is C9H19NO3S2. The fourth-order valence-electron chi connectivity index (χ4n) is 1.45. The van der Waals surface area contributed by atoms with Crippen LogP contribution in [0.15, 0.2) is 0 Å². The molecule has 4 nitrogen and oxygen atoms in total. The molecule has 0 amide bonds. The van der Waals surface area contributed by atoms with Gasteiger partial charge in [0.15, 0.2) is 9.84 Å². The SMILES string of the molecule is CCCS(=O)(=O)CCS(=O)CC1CNC1. The van der Waals surface area contributed by atoms with Gasteiger partial charge in [-0.05, 0) is 12.3 Å². The quantitative estimate of drug-likeness (QED) is 0.681. The van der Waals surface area contributed by atoms with Crippen LogP contribution in [0, 0.1) is 5.92 Å². The van der Waals surface area contributed by atoms with Gasteiger partial charge in [-0.3, -0.25) is 4.21 Å². The highest BCUT2D eigenvalue weighted by atomic mass is 32.2. The first-order valence-corrected chi connectivity index (χ1v) is 8.60. The summed E-state index contributed by atoms with van der Waals surface area (Å²) in [6.07, 6.45) is 0.640. The van der Waals surface area contributed by atoms with Crippen molar-refractivity contribution in [2.45, 2.75) is 13.3 Å². The molecule has 0 spiro atoms. The van der Waals surface area contributed by atoms with E-state index >= 15 is 0 Å². The molecule has 1 unspecified atom stereocenters. The van der Waals surface area contributed by atoms with E-state index in [-0.39, 0.29) is 11.5 Å². The zero-order valence-electron chi connectivity index (χ0n) is 9.07. The maximum atomic E-state index is 11.5. The van der Waals surface area contributed by atoms with Gasteiger partial charge in [-0.15, -0.1) is 0 Å². The molecule has 1 rings (SSSR count). The number of hydrogen-bond acceptors (Lipinski definition) is 4. The summed E-state index contributed by atoms with van der Waals surface area (Å²) in [6, 6.07) is 0. The molecule has 1 aliphatic heterocycles. The Bertz CT molecular complexity index is 309. The number of sulfone groups is 1. The summed E-state index contributed by atoms with van der Waals surface area (Å²) in [4.78, 5) is 0. The summed E-state index contributed by atoms with van der Waals surface area (Å²) in [5.74, 6) is 1.73. The lowest BCUT2D eigenvalue weighted by atomic mass is 10.1. The first kappa shape index (κ1) is 13.1. The van der Waals surface area contributed by atoms with Crippen LogP contribution in [0.5, 0.6) is 0 Å². The van der Waals surface area contributed by atoms with E-state index in [0.29, 0.717) is 23.8 Å². The molecule has 1 heterocycles. The van der Waals surface area contributed by atoms with Crippen LogP contribution in [-0.2, 0) is 20.6 Å². The van der Waals surface area contributed by atoms with E-state index in [0.717, 1.165) is 13.1 Å². The number of hydrogen-bond donors (Lipinski definition) is 1. The van der Waals surface area contributed by atoms with Crippen LogP contribution in [0.25, 0.3) is 0 Å². The van der Waals surface area contributed by atoms with Gasteiger partial charge in [0.1, 0.15) is 0 Å². The monoisotopic (exact) mass is 253 g/mol. The maximum Gasteiger partial charge on any atom is 0.151 e. The lowest BCUT2D eigenvalue weighted by Crippen LogP contribution is -2.45. The topological polar surface area (TPSA) is 63.2 Å². The van der Waals surface area contributed by atoms with Crippen LogP contribution < -0.4 is 5.32 Å². The smallest absolute Gasteiger partial charge is 0.151 e. The first-order chi connectivity index (χ1) is 7.03. The maximum absolute atomic E-state index is 11.5. The fourth-order valence-corrected chi connectivity index (χ4v) is 4.96. The third-order valence-corrected chi connectivity index (χ3v) is 6.04. The van der Waals surface area contributed by atoms with E-state index in [2.05, 4.69) is 5.32 Å². The predicted molar refractivity (Wildman–Crippen MR) is 63.2 cm³/mol. The summed E-state index contributed by atoms with van der Waals surface area (Å²) in [6.45, 7) is 3.69. The van der Waals surface area contributed by atoms with Gasteiger partial charge in [0.2, 0.25) is 0 Å². The predicted octanol–water partition coefficient (Wildman–Crippen LogP) is -0.221. The summed E-state index contributed by atoms with van der Waals surface area (Å²) in [5, 5.41) is 3.11. The van der Waals surface area contributed by atoms with Crippen molar-refractivity contribution >= 4 is 20.6 Å². The van der Waals surface area contributed by atoms with Crippen LogP contribution in [0.4, 0.5) is 0 Å². The Labute approximate surface area is 94.2 Å². The largest absolute Gasteiger partial charge is 0.316 e. The Balaban J connectivity index is 2.20. The Hall–Kier alpha value is 0.0600. The van der Waals surface area contributed by atoms with E-state index in [9.17, 15) is 12.6 Å². The average molecular weight is 253 g/mol. The zero-order valence-corrected chi connectivity index (χ0v) is 10.7. The molecule has 0 aromatic carbocycles. The Morgan fingerprint density at radius 3 is 2.47 bits per heavy atom. The van der Waals surface area contributed by atoms with Crippen molar-refractivity contribution < 1.29 is 12.6 Å². The lowest BCUT2D eigenvalue weighted by molar-refractivity contribution is 0.382. The third-order valence-electron chi connectivity index (χ3n) is 2.42. The summed E-state index contributed by atoms with van der Waals surface area (Å²) >= 11 is 0. The Morgan fingerprint density at radius 2 is 2.00 bits per heavy atom. The summed E-state index contributed by atoms with van der Waals surface area (Å²) < 4.78 is 34.2. The summed E-state index contributed by atoms with van der Waals surface area (Å²) in [5.41, 5.74) is 0. The molecular weight excluding hydrogens is 234 g/mol. The van der Waals surface area contributed by atoms with E-state index in [1.807, 2.05) is 6.92 Å². The normalized spacial score (nSPS) is 19.8. The van der Waals surface area contributed by atoms with E-state index in [1.54, 1.807) is 0 Å². The van der Waals surface area contributed by atoms with E-state index in [1.165, 1.54) is 0 Å². The Morgan fingerprint density at radius 1 is 1.33 bits per heavy atom. The van der Waals surface area contributed by atoms with Crippen LogP contribution in [0.1, 0.15) is 13.3 Å². The van der Waals surface area contributed by atoms with Gasteiger partial charge in [-0.2, -0.15) is 0 Å². The molecule has 0 aromatic heterocycles. The van der Waals surface area contributed by atoms with Gasteiger partial charge in [0.05, 0.1) is 5.75 Å².